The van der Waals surface area contributed by atoms with Crippen molar-refractivity contribution in [3.8, 4) is 0 Å². The Morgan fingerprint density at radius 1 is 1.10 bits per heavy atom. The molecule has 8 nitrogen and oxygen atoms in total. The number of carbonyl (C=O) groups is 3. The van der Waals surface area contributed by atoms with Gasteiger partial charge in [-0.2, -0.15) is 0 Å². The van der Waals surface area contributed by atoms with Crippen molar-refractivity contribution in [2.45, 2.75) is 96.1 Å². The van der Waals surface area contributed by atoms with Crippen molar-refractivity contribution >= 4 is 23.4 Å². The molecule has 0 radical (unpaired) electrons. The van der Waals surface area contributed by atoms with E-state index < -0.39 is 35.1 Å². The van der Waals surface area contributed by atoms with Crippen LogP contribution in [0.25, 0.3) is 0 Å². The normalized spacial score (nSPS) is 29.4. The predicted octanol–water partition coefficient (Wildman–Crippen LogP) is 4.58. The molecule has 0 saturated carbocycles. The highest BCUT2D eigenvalue weighted by atomic mass is 16.5. The van der Waals surface area contributed by atoms with Gasteiger partial charge in [-0.15, -0.1) is 13.2 Å². The molecule has 1 aromatic carbocycles. The van der Waals surface area contributed by atoms with Crippen molar-refractivity contribution in [1.82, 2.24) is 9.80 Å². The number of benzene rings is 1. The maximum Gasteiger partial charge on any atom is 0.248 e. The second-order valence-electron chi connectivity index (χ2n) is 12.6. The summed E-state index contributed by atoms with van der Waals surface area (Å²) in [4.78, 5) is 49.1. The number of rotatable bonds is 14. The molecule has 3 aliphatic heterocycles. The molecular weight excluding hydrogens is 530 g/mol. The Morgan fingerprint density at radius 3 is 2.31 bits per heavy atom. The number of anilines is 1. The lowest BCUT2D eigenvalue weighted by atomic mass is 9.64. The number of hydrogen-bond donors (Lipinski definition) is 1. The van der Waals surface area contributed by atoms with Crippen molar-refractivity contribution in [2.24, 2.45) is 17.8 Å². The molecule has 7 atom stereocenters. The maximum atomic E-state index is 14.7. The SMILES string of the molecule is C=CCN(C(=O)[C@H]1[C@H]2C(=O)N([C@@H](CO)C(C)C)C(C(=O)N(CC=C)C(C)CCC)C23CC[C@]1(CC)O3)c1ccccc1. The van der Waals surface area contributed by atoms with E-state index in [1.54, 1.807) is 26.9 Å². The van der Waals surface area contributed by atoms with Crippen LogP contribution >= 0.6 is 0 Å². The summed E-state index contributed by atoms with van der Waals surface area (Å²) in [7, 11) is 0. The van der Waals surface area contributed by atoms with Crippen LogP contribution in [0.4, 0.5) is 5.69 Å². The maximum absolute atomic E-state index is 14.7. The number of carbonyl (C=O) groups excluding carboxylic acids is 3. The van der Waals surface area contributed by atoms with Crippen LogP contribution < -0.4 is 4.90 Å². The van der Waals surface area contributed by atoms with Gasteiger partial charge >= 0.3 is 0 Å². The molecular formula is C34H49N3O5. The van der Waals surface area contributed by atoms with E-state index in [1.165, 1.54) is 0 Å². The molecule has 3 heterocycles. The Bertz CT molecular complexity index is 1170. The molecule has 0 aromatic heterocycles. The zero-order valence-corrected chi connectivity index (χ0v) is 26.0. The lowest BCUT2D eigenvalue weighted by Crippen LogP contribution is -2.60. The van der Waals surface area contributed by atoms with E-state index in [9.17, 15) is 19.5 Å². The highest BCUT2D eigenvalue weighted by molar-refractivity contribution is 6.03. The molecule has 1 spiro atoms. The molecule has 1 aromatic rings. The fraction of sp³-hybridized carbons (Fsp3) is 0.618. The minimum Gasteiger partial charge on any atom is -0.394 e. The minimum absolute atomic E-state index is 0.0724. The van der Waals surface area contributed by atoms with Gasteiger partial charge in [0.05, 0.1) is 30.1 Å². The Kier molecular flexibility index (Phi) is 9.68. The zero-order valence-electron chi connectivity index (χ0n) is 26.0. The molecule has 8 heteroatoms. The molecule has 230 valence electrons. The van der Waals surface area contributed by atoms with Crippen LogP contribution in [0.15, 0.2) is 55.6 Å². The Hall–Kier alpha value is -2.97. The van der Waals surface area contributed by atoms with Gasteiger partial charge in [0.15, 0.2) is 0 Å². The third-order valence-electron chi connectivity index (χ3n) is 9.93. The van der Waals surface area contributed by atoms with Gasteiger partial charge in [0, 0.05) is 24.8 Å². The lowest BCUT2D eigenvalue weighted by Gasteiger charge is -2.42. The van der Waals surface area contributed by atoms with Crippen molar-refractivity contribution < 1.29 is 24.2 Å². The third kappa shape index (κ3) is 5.00. The summed E-state index contributed by atoms with van der Waals surface area (Å²) < 4.78 is 7.00. The largest absolute Gasteiger partial charge is 0.394 e. The van der Waals surface area contributed by atoms with E-state index in [0.717, 1.165) is 18.5 Å². The van der Waals surface area contributed by atoms with Gasteiger partial charge < -0.3 is 24.5 Å². The quantitative estimate of drug-likeness (QED) is 0.326. The third-order valence-corrected chi connectivity index (χ3v) is 9.93. The van der Waals surface area contributed by atoms with Crippen LogP contribution in [-0.2, 0) is 19.1 Å². The van der Waals surface area contributed by atoms with Gasteiger partial charge in [0.1, 0.15) is 11.6 Å². The zero-order chi connectivity index (χ0) is 30.8. The molecule has 0 aliphatic carbocycles. The van der Waals surface area contributed by atoms with E-state index in [2.05, 4.69) is 20.1 Å². The number of nitrogens with zero attached hydrogens (tertiary/aromatic N) is 3. The average Bonchev–Trinajstić information content (AvgIpc) is 3.58. The van der Waals surface area contributed by atoms with Gasteiger partial charge in [-0.3, -0.25) is 14.4 Å². The van der Waals surface area contributed by atoms with Gasteiger partial charge in [0.2, 0.25) is 17.7 Å². The first kappa shape index (κ1) is 32.0. The first-order valence-electron chi connectivity index (χ1n) is 15.6. The van der Waals surface area contributed by atoms with Crippen LogP contribution in [0.5, 0.6) is 0 Å². The number of fused-ring (bicyclic) bond motifs is 1. The fourth-order valence-corrected chi connectivity index (χ4v) is 7.87. The Balaban J connectivity index is 1.88. The van der Waals surface area contributed by atoms with Gasteiger partial charge in [-0.1, -0.05) is 64.5 Å². The lowest BCUT2D eigenvalue weighted by molar-refractivity contribution is -0.158. The highest BCUT2D eigenvalue weighted by Gasteiger charge is 2.79. The number of aliphatic hydroxyl groups is 1. The molecule has 2 bridgehead atoms. The average molecular weight is 580 g/mol. The summed E-state index contributed by atoms with van der Waals surface area (Å²) in [5, 5.41) is 10.6. The Labute approximate surface area is 251 Å². The molecule has 3 amide bonds. The van der Waals surface area contributed by atoms with Crippen LogP contribution in [0.2, 0.25) is 0 Å². The number of para-hydroxylation sites is 1. The van der Waals surface area contributed by atoms with Crippen molar-refractivity contribution in [1.29, 1.82) is 0 Å². The monoisotopic (exact) mass is 579 g/mol. The first-order valence-corrected chi connectivity index (χ1v) is 15.6. The summed E-state index contributed by atoms with van der Waals surface area (Å²) in [6.45, 7) is 18.1. The molecule has 3 fully saturated rings. The minimum atomic E-state index is -1.16. The second kappa shape index (κ2) is 12.7. The van der Waals surface area contributed by atoms with Gasteiger partial charge in [-0.05, 0) is 50.7 Å². The van der Waals surface area contributed by atoms with Crippen LogP contribution in [0.1, 0.15) is 66.7 Å². The predicted molar refractivity (Wildman–Crippen MR) is 165 cm³/mol. The summed E-state index contributed by atoms with van der Waals surface area (Å²) in [5.74, 6) is -2.37. The molecule has 3 aliphatic rings. The van der Waals surface area contributed by atoms with E-state index in [0.29, 0.717) is 25.8 Å². The topological polar surface area (TPSA) is 90.4 Å². The van der Waals surface area contributed by atoms with E-state index in [-0.39, 0.29) is 42.8 Å². The van der Waals surface area contributed by atoms with Crippen LogP contribution in [0.3, 0.4) is 0 Å². The van der Waals surface area contributed by atoms with E-state index >= 15 is 0 Å². The molecule has 3 unspecified atom stereocenters. The number of likely N-dealkylation sites (tertiary alicyclic amines) is 1. The number of hydrogen-bond acceptors (Lipinski definition) is 5. The highest BCUT2D eigenvalue weighted by Crippen LogP contribution is 2.65. The number of aliphatic hydroxyl groups excluding tert-OH is 1. The molecule has 4 rings (SSSR count). The van der Waals surface area contributed by atoms with E-state index in [4.69, 9.17) is 4.74 Å². The summed E-state index contributed by atoms with van der Waals surface area (Å²) in [6, 6.07) is 7.81. The van der Waals surface area contributed by atoms with Gasteiger partial charge in [-0.25, -0.2) is 0 Å². The van der Waals surface area contributed by atoms with Crippen LogP contribution in [-0.4, -0.2) is 81.7 Å². The van der Waals surface area contributed by atoms with Crippen LogP contribution in [0, 0.1) is 17.8 Å². The first-order chi connectivity index (χ1) is 20.1. The summed E-state index contributed by atoms with van der Waals surface area (Å²) >= 11 is 0. The standard InChI is InChI=1S/C34H49N3O5/c1-8-15-24(7)35(20-9-2)32(41)29-34-19-18-33(11-4,42-34)27(28(34)31(40)37(29)26(22-38)23(5)6)30(39)36(21-10-3)25-16-13-12-14-17-25/h9-10,12-14,16-17,23-24,26-29,38H,2-3,8,11,15,18-22H2,1,4-7H3/t24?,26-,27+,28-,29?,33-,34?/m0/s1. The molecule has 1 N–H and O–H groups in total. The molecule has 3 saturated heterocycles. The summed E-state index contributed by atoms with van der Waals surface area (Å²) in [5.41, 5.74) is -1.29. The van der Waals surface area contributed by atoms with Crippen molar-refractivity contribution in [3.05, 3.63) is 55.6 Å². The van der Waals surface area contributed by atoms with E-state index in [1.807, 2.05) is 58.0 Å². The summed E-state index contributed by atoms with van der Waals surface area (Å²) in [6.07, 6.45) is 6.73. The van der Waals surface area contributed by atoms with Crippen molar-refractivity contribution in [3.63, 3.8) is 0 Å². The number of ether oxygens (including phenoxy) is 1. The van der Waals surface area contributed by atoms with Crippen molar-refractivity contribution in [2.75, 3.05) is 24.6 Å². The Morgan fingerprint density at radius 2 is 1.76 bits per heavy atom. The van der Waals surface area contributed by atoms with Gasteiger partial charge in [0.25, 0.3) is 0 Å². The fourth-order valence-electron chi connectivity index (χ4n) is 7.87. The smallest absolute Gasteiger partial charge is 0.248 e. The second-order valence-corrected chi connectivity index (χ2v) is 12.6. The molecule has 42 heavy (non-hydrogen) atoms. The number of amides is 3.